The molecular formula is C32H37N3O8. The Morgan fingerprint density at radius 3 is 2.40 bits per heavy atom. The lowest BCUT2D eigenvalue weighted by atomic mass is 9.57. The van der Waals surface area contributed by atoms with E-state index in [9.17, 15) is 34.8 Å². The van der Waals surface area contributed by atoms with Crippen LogP contribution in [0.15, 0.2) is 53.3 Å². The number of hydrogen-bond acceptors (Lipinski definition) is 10. The number of amides is 1. The van der Waals surface area contributed by atoms with Crippen molar-refractivity contribution < 1.29 is 39.5 Å². The van der Waals surface area contributed by atoms with Gasteiger partial charge in [0.25, 0.3) is 5.91 Å². The number of benzene rings is 2. The maximum absolute atomic E-state index is 14.0. The predicted molar refractivity (Wildman–Crippen MR) is 157 cm³/mol. The molecule has 228 valence electrons. The summed E-state index contributed by atoms with van der Waals surface area (Å²) in [5, 5.41) is 45.3. The Bertz CT molecular complexity index is 1560. The van der Waals surface area contributed by atoms with E-state index in [1.807, 2.05) is 25.2 Å². The minimum absolute atomic E-state index is 0.00354. The third kappa shape index (κ3) is 4.77. The summed E-state index contributed by atoms with van der Waals surface area (Å²) in [4.78, 5) is 43.0. The van der Waals surface area contributed by atoms with E-state index in [4.69, 9.17) is 10.5 Å². The largest absolute Gasteiger partial charge is 0.508 e. The van der Waals surface area contributed by atoms with Gasteiger partial charge in [0.05, 0.1) is 18.7 Å². The number of Topliss-reactive ketones (excluding diaryl/α,β-unsaturated/α-hetero) is 2. The average Bonchev–Trinajstić information content (AvgIpc) is 2.94. The monoisotopic (exact) mass is 591 g/mol. The van der Waals surface area contributed by atoms with Crippen LogP contribution in [0.2, 0.25) is 0 Å². The molecule has 5 rings (SSSR count). The number of carbonyl (C=O) groups excluding carboxylic acids is 3. The van der Waals surface area contributed by atoms with Crippen LogP contribution in [0.3, 0.4) is 0 Å². The number of fused-ring (bicyclic) bond motifs is 3. The highest BCUT2D eigenvalue weighted by Crippen LogP contribution is 2.54. The standard InChI is InChI=1S/C32H37N3O8/c1-34(2)25-20-13-17-12-19-23(26(37)22(17)29(39)32(20,42)30(40)24(27(25)38)31(33)41)21(36)14-18(28(19)43-4)15-35(3)11-10-16-8-6-5-7-9-16/h5-9,14,17,20,25,36-37,40,42H,10-13,15H2,1-4H3,(H2,33,41)/t17-,20-,25-,32-/m0/s1. The van der Waals surface area contributed by atoms with Crippen LogP contribution >= 0.6 is 0 Å². The summed E-state index contributed by atoms with van der Waals surface area (Å²) >= 11 is 0. The number of phenolic OH excluding ortho intramolecular Hbond substituents is 1. The van der Waals surface area contributed by atoms with Gasteiger partial charge in [0.2, 0.25) is 5.78 Å². The van der Waals surface area contributed by atoms with Crippen molar-refractivity contribution in [1.29, 1.82) is 0 Å². The number of aromatic hydroxyl groups is 1. The second kappa shape index (κ2) is 11.1. The van der Waals surface area contributed by atoms with Gasteiger partial charge in [-0.25, -0.2) is 0 Å². The van der Waals surface area contributed by atoms with Gasteiger partial charge in [-0.2, -0.15) is 0 Å². The van der Waals surface area contributed by atoms with Gasteiger partial charge in [0.1, 0.15) is 28.6 Å². The van der Waals surface area contributed by atoms with Gasteiger partial charge in [-0.05, 0) is 58.0 Å². The summed E-state index contributed by atoms with van der Waals surface area (Å²) < 4.78 is 5.81. The van der Waals surface area contributed by atoms with Crippen LogP contribution in [0.4, 0.5) is 0 Å². The van der Waals surface area contributed by atoms with Crippen molar-refractivity contribution in [3.63, 3.8) is 0 Å². The van der Waals surface area contributed by atoms with Gasteiger partial charge in [0.15, 0.2) is 11.4 Å². The summed E-state index contributed by atoms with van der Waals surface area (Å²) in [6.07, 6.45) is 0.992. The van der Waals surface area contributed by atoms with E-state index in [0.29, 0.717) is 23.4 Å². The molecule has 4 atom stereocenters. The molecule has 0 aromatic heterocycles. The number of nitrogens with zero attached hydrogens (tertiary/aromatic N) is 2. The Balaban J connectivity index is 1.56. The third-order valence-corrected chi connectivity index (χ3v) is 9.02. The zero-order valence-corrected chi connectivity index (χ0v) is 24.6. The molecule has 2 aromatic rings. The van der Waals surface area contributed by atoms with Gasteiger partial charge < -0.3 is 35.8 Å². The van der Waals surface area contributed by atoms with Crippen molar-refractivity contribution in [1.82, 2.24) is 9.80 Å². The number of ketones is 2. The molecule has 1 saturated carbocycles. The highest BCUT2D eigenvalue weighted by Gasteiger charge is 2.64. The van der Waals surface area contributed by atoms with Crippen molar-refractivity contribution in [3.05, 3.63) is 75.6 Å². The number of carbonyl (C=O) groups is 3. The number of nitrogens with two attached hydrogens (primary N) is 1. The summed E-state index contributed by atoms with van der Waals surface area (Å²) in [5.41, 5.74) is 4.05. The van der Waals surface area contributed by atoms with E-state index in [-0.39, 0.29) is 29.7 Å². The van der Waals surface area contributed by atoms with E-state index < -0.39 is 58.0 Å². The van der Waals surface area contributed by atoms with Crippen molar-refractivity contribution >= 4 is 23.2 Å². The molecule has 0 saturated heterocycles. The lowest BCUT2D eigenvalue weighted by Gasteiger charge is -2.50. The van der Waals surface area contributed by atoms with E-state index in [1.54, 1.807) is 14.1 Å². The zero-order chi connectivity index (χ0) is 31.4. The van der Waals surface area contributed by atoms with Crippen LogP contribution in [0.25, 0.3) is 5.76 Å². The third-order valence-electron chi connectivity index (χ3n) is 9.02. The van der Waals surface area contributed by atoms with Crippen molar-refractivity contribution in [2.45, 2.75) is 37.5 Å². The van der Waals surface area contributed by atoms with Crippen molar-refractivity contribution in [3.8, 4) is 11.5 Å². The Hall–Kier alpha value is -4.19. The summed E-state index contributed by atoms with van der Waals surface area (Å²) in [6.45, 7) is 1.17. The van der Waals surface area contributed by atoms with Gasteiger partial charge in [-0.15, -0.1) is 0 Å². The number of rotatable bonds is 8. The predicted octanol–water partition coefficient (Wildman–Crippen LogP) is 1.65. The van der Waals surface area contributed by atoms with Gasteiger partial charge in [-0.3, -0.25) is 19.3 Å². The lowest BCUT2D eigenvalue weighted by molar-refractivity contribution is -0.153. The number of methoxy groups -OCH3 is 1. The molecule has 11 heteroatoms. The second-order valence-corrected chi connectivity index (χ2v) is 11.9. The molecule has 0 spiro atoms. The summed E-state index contributed by atoms with van der Waals surface area (Å²) in [6, 6.07) is 10.4. The number of hydrogen-bond donors (Lipinski definition) is 5. The number of aliphatic hydroxyl groups is 3. The average molecular weight is 592 g/mol. The summed E-state index contributed by atoms with van der Waals surface area (Å²) in [5.74, 6) is -6.39. The van der Waals surface area contributed by atoms with Crippen LogP contribution in [0, 0.1) is 11.8 Å². The Labute approximate surface area is 249 Å². The molecule has 1 fully saturated rings. The van der Waals surface area contributed by atoms with Crippen molar-refractivity contribution in [2.24, 2.45) is 17.6 Å². The highest BCUT2D eigenvalue weighted by molar-refractivity contribution is 6.24. The maximum Gasteiger partial charge on any atom is 0.255 e. The van der Waals surface area contributed by atoms with Gasteiger partial charge in [-0.1, -0.05) is 30.3 Å². The fourth-order valence-corrected chi connectivity index (χ4v) is 7.06. The van der Waals surface area contributed by atoms with Crippen LogP contribution in [-0.2, 0) is 33.8 Å². The number of aliphatic hydroxyl groups excluding tert-OH is 2. The van der Waals surface area contributed by atoms with Crippen molar-refractivity contribution in [2.75, 3.05) is 34.8 Å². The first kappa shape index (κ1) is 30.3. The minimum Gasteiger partial charge on any atom is -0.508 e. The van der Waals surface area contributed by atoms with Gasteiger partial charge >= 0.3 is 0 Å². The Morgan fingerprint density at radius 1 is 1.12 bits per heavy atom. The fourth-order valence-electron chi connectivity index (χ4n) is 7.06. The molecule has 0 aliphatic heterocycles. The van der Waals surface area contributed by atoms with Crippen LogP contribution in [0.5, 0.6) is 11.5 Å². The molecule has 3 aliphatic rings. The topological polar surface area (TPSA) is 174 Å². The SMILES string of the molecule is COc1c(CN(C)CCc2ccccc2)cc(O)c2c1C[C@H]1C[C@H]3[C@H](N(C)C)C(=O)C(C(N)=O)=C(O)[C@@]3(O)C(=O)C1=C2O. The van der Waals surface area contributed by atoms with E-state index in [0.717, 1.165) is 13.0 Å². The first-order valence-corrected chi connectivity index (χ1v) is 14.1. The molecular weight excluding hydrogens is 554 g/mol. The second-order valence-electron chi connectivity index (χ2n) is 11.9. The number of likely N-dealkylation sites (N-methyl/N-ethyl adjacent to an activating group) is 2. The first-order valence-electron chi connectivity index (χ1n) is 14.1. The zero-order valence-electron chi connectivity index (χ0n) is 24.6. The fraction of sp³-hybridized carbons (Fsp3) is 0.406. The Morgan fingerprint density at radius 2 is 1.79 bits per heavy atom. The maximum atomic E-state index is 14.0. The van der Waals surface area contributed by atoms with Crippen LogP contribution < -0.4 is 10.5 Å². The molecule has 1 amide bonds. The minimum atomic E-state index is -2.67. The molecule has 0 bridgehead atoms. The van der Waals surface area contributed by atoms with Crippen LogP contribution in [-0.4, -0.2) is 94.1 Å². The molecule has 2 aromatic carbocycles. The van der Waals surface area contributed by atoms with E-state index in [1.165, 1.54) is 23.6 Å². The lowest BCUT2D eigenvalue weighted by Crippen LogP contribution is -2.65. The van der Waals surface area contributed by atoms with E-state index in [2.05, 4.69) is 17.0 Å². The number of primary amides is 1. The Kier molecular flexibility index (Phi) is 7.84. The van der Waals surface area contributed by atoms with Crippen LogP contribution in [0.1, 0.15) is 28.7 Å². The molecule has 0 unspecified atom stereocenters. The first-order chi connectivity index (χ1) is 20.3. The molecule has 11 nitrogen and oxygen atoms in total. The molecule has 6 N–H and O–H groups in total. The molecule has 43 heavy (non-hydrogen) atoms. The molecule has 0 radical (unpaired) electrons. The number of ether oxygens (including phenoxy) is 1. The normalized spacial score (nSPS) is 25.1. The smallest absolute Gasteiger partial charge is 0.255 e. The number of phenols is 1. The quantitative estimate of drug-likeness (QED) is 0.284. The summed E-state index contributed by atoms with van der Waals surface area (Å²) in [7, 11) is 6.58. The van der Waals surface area contributed by atoms with E-state index >= 15 is 0 Å². The highest BCUT2D eigenvalue weighted by atomic mass is 16.5. The van der Waals surface area contributed by atoms with Gasteiger partial charge in [0, 0.05) is 35.7 Å². The molecule has 0 heterocycles. The molecule has 3 aliphatic carbocycles.